The number of nitrogens with two attached hydrogens (primary N) is 1. The monoisotopic (exact) mass is 129 g/mol. The van der Waals surface area contributed by atoms with Gasteiger partial charge in [-0.05, 0) is 5.92 Å². The molecule has 9 heavy (non-hydrogen) atoms. The van der Waals surface area contributed by atoms with E-state index < -0.39 is 0 Å². The summed E-state index contributed by atoms with van der Waals surface area (Å²) < 4.78 is 4.85. The summed E-state index contributed by atoms with van der Waals surface area (Å²) in [6.45, 7) is 7.72. The Morgan fingerprint density at radius 2 is 2.00 bits per heavy atom. The first-order valence-corrected chi connectivity index (χ1v) is 3.08. The molecule has 0 unspecified atom stereocenters. The van der Waals surface area contributed by atoms with Crippen molar-refractivity contribution >= 4 is 0 Å². The highest BCUT2D eigenvalue weighted by molar-refractivity contribution is 4.95. The minimum Gasteiger partial charge on any atom is -0.500 e. The quantitative estimate of drug-likeness (QED) is 0.580. The molecule has 0 aliphatic rings. The van der Waals surface area contributed by atoms with Crippen molar-refractivity contribution in [3.05, 3.63) is 12.3 Å². The highest BCUT2D eigenvalue weighted by Gasteiger charge is 2.10. The predicted octanol–water partition coefficient (Wildman–Crippen LogP) is 1.13. The molecule has 1 atom stereocenters. The van der Waals surface area contributed by atoms with Crippen LogP contribution >= 0.6 is 0 Å². The highest BCUT2D eigenvalue weighted by atomic mass is 16.5. The zero-order valence-electron chi connectivity index (χ0n) is 6.35. The first kappa shape index (κ1) is 8.50. The zero-order chi connectivity index (χ0) is 7.44. The van der Waals surface area contributed by atoms with Crippen molar-refractivity contribution < 1.29 is 4.74 Å². The maximum absolute atomic E-state index is 5.65. The predicted molar refractivity (Wildman–Crippen MR) is 39.0 cm³/mol. The van der Waals surface area contributed by atoms with Gasteiger partial charge in [-0.2, -0.15) is 0 Å². The Kier molecular flexibility index (Phi) is 3.32. The van der Waals surface area contributed by atoms with Crippen LogP contribution in [-0.4, -0.2) is 13.2 Å². The standard InChI is InChI=1S/C7H15NO/c1-5(2)7(8)6(3)9-4/h5,7H,3,8H2,1-2,4H3/t7-/m1/s1. The van der Waals surface area contributed by atoms with E-state index in [4.69, 9.17) is 10.5 Å². The Bertz CT molecular complexity index is 99.1. The van der Waals surface area contributed by atoms with Crippen molar-refractivity contribution in [2.24, 2.45) is 11.7 Å². The van der Waals surface area contributed by atoms with E-state index in [2.05, 4.69) is 6.58 Å². The Morgan fingerprint density at radius 3 is 2.11 bits per heavy atom. The summed E-state index contributed by atoms with van der Waals surface area (Å²) in [5.74, 6) is 1.06. The van der Waals surface area contributed by atoms with Gasteiger partial charge in [-0.1, -0.05) is 20.4 Å². The molecule has 0 spiro atoms. The van der Waals surface area contributed by atoms with Crippen molar-refractivity contribution in [2.45, 2.75) is 19.9 Å². The Labute approximate surface area is 56.7 Å². The van der Waals surface area contributed by atoms with Crippen molar-refractivity contribution in [1.29, 1.82) is 0 Å². The minimum absolute atomic E-state index is 0.0324. The van der Waals surface area contributed by atoms with E-state index in [0.717, 1.165) is 0 Å². The van der Waals surface area contributed by atoms with Crippen LogP contribution < -0.4 is 5.73 Å². The molecule has 0 bridgehead atoms. The van der Waals surface area contributed by atoms with Crippen LogP contribution in [0.3, 0.4) is 0 Å². The van der Waals surface area contributed by atoms with Crippen LogP contribution in [0.5, 0.6) is 0 Å². The molecule has 54 valence electrons. The largest absolute Gasteiger partial charge is 0.500 e. The van der Waals surface area contributed by atoms with Crippen LogP contribution in [-0.2, 0) is 4.74 Å². The molecular formula is C7H15NO. The summed E-state index contributed by atoms with van der Waals surface area (Å²) in [6, 6.07) is -0.0324. The van der Waals surface area contributed by atoms with E-state index in [1.807, 2.05) is 13.8 Å². The summed E-state index contributed by atoms with van der Waals surface area (Å²) in [5.41, 5.74) is 5.65. The van der Waals surface area contributed by atoms with Crippen LogP contribution in [0.2, 0.25) is 0 Å². The SMILES string of the molecule is C=C(OC)[C@H](N)C(C)C. The van der Waals surface area contributed by atoms with Crippen molar-refractivity contribution in [2.75, 3.05) is 7.11 Å². The van der Waals surface area contributed by atoms with Gasteiger partial charge in [-0.25, -0.2) is 0 Å². The molecule has 0 aliphatic heterocycles. The summed E-state index contributed by atoms with van der Waals surface area (Å²) in [7, 11) is 1.59. The molecule has 2 nitrogen and oxygen atoms in total. The molecule has 2 heteroatoms. The van der Waals surface area contributed by atoms with Gasteiger partial charge in [0.05, 0.1) is 13.2 Å². The van der Waals surface area contributed by atoms with Gasteiger partial charge in [0, 0.05) is 0 Å². The van der Waals surface area contributed by atoms with Gasteiger partial charge in [0.1, 0.15) is 5.76 Å². The lowest BCUT2D eigenvalue weighted by atomic mass is 10.0. The van der Waals surface area contributed by atoms with Gasteiger partial charge in [-0.15, -0.1) is 0 Å². The van der Waals surface area contributed by atoms with Gasteiger partial charge in [0.15, 0.2) is 0 Å². The number of methoxy groups -OCH3 is 1. The molecule has 2 N–H and O–H groups in total. The maximum atomic E-state index is 5.65. The van der Waals surface area contributed by atoms with Crippen LogP contribution in [0.15, 0.2) is 12.3 Å². The molecule has 0 amide bonds. The first-order chi connectivity index (χ1) is 4.09. The van der Waals surface area contributed by atoms with E-state index >= 15 is 0 Å². The molecule has 0 aromatic rings. The minimum atomic E-state index is -0.0324. The van der Waals surface area contributed by atoms with Crippen LogP contribution in [0.4, 0.5) is 0 Å². The second-order valence-electron chi connectivity index (χ2n) is 2.44. The lowest BCUT2D eigenvalue weighted by molar-refractivity contribution is 0.249. The van der Waals surface area contributed by atoms with Gasteiger partial charge in [-0.3, -0.25) is 0 Å². The summed E-state index contributed by atoms with van der Waals surface area (Å²) >= 11 is 0. The van der Waals surface area contributed by atoms with Crippen LogP contribution in [0.25, 0.3) is 0 Å². The van der Waals surface area contributed by atoms with Gasteiger partial charge >= 0.3 is 0 Å². The third-order valence-electron chi connectivity index (χ3n) is 1.35. The fourth-order valence-corrected chi connectivity index (χ4v) is 0.508. The first-order valence-electron chi connectivity index (χ1n) is 3.08. The molecule has 0 fully saturated rings. The smallest absolute Gasteiger partial charge is 0.105 e. The second kappa shape index (κ2) is 3.51. The van der Waals surface area contributed by atoms with Crippen molar-refractivity contribution in [3.8, 4) is 0 Å². The second-order valence-corrected chi connectivity index (χ2v) is 2.44. The van der Waals surface area contributed by atoms with Gasteiger partial charge in [0.2, 0.25) is 0 Å². The lowest BCUT2D eigenvalue weighted by Gasteiger charge is -2.16. The van der Waals surface area contributed by atoms with E-state index in [1.165, 1.54) is 0 Å². The number of rotatable bonds is 3. The molecule has 0 aromatic carbocycles. The molecule has 0 rings (SSSR count). The molecule has 0 saturated carbocycles. The van der Waals surface area contributed by atoms with Gasteiger partial charge < -0.3 is 10.5 Å². The summed E-state index contributed by atoms with van der Waals surface area (Å²) in [5, 5.41) is 0. The number of hydrogen-bond donors (Lipinski definition) is 1. The average Bonchev–Trinajstić information content (AvgIpc) is 1.84. The van der Waals surface area contributed by atoms with Crippen LogP contribution in [0.1, 0.15) is 13.8 Å². The molecule has 0 radical (unpaired) electrons. The third-order valence-corrected chi connectivity index (χ3v) is 1.35. The molecule has 0 aliphatic carbocycles. The Hall–Kier alpha value is -0.500. The fraction of sp³-hybridized carbons (Fsp3) is 0.714. The average molecular weight is 129 g/mol. The Balaban J connectivity index is 3.72. The summed E-state index contributed by atoms with van der Waals surface area (Å²) in [6.07, 6.45) is 0. The molecule has 0 heterocycles. The zero-order valence-corrected chi connectivity index (χ0v) is 6.35. The van der Waals surface area contributed by atoms with Crippen molar-refractivity contribution in [3.63, 3.8) is 0 Å². The van der Waals surface area contributed by atoms with E-state index in [0.29, 0.717) is 11.7 Å². The van der Waals surface area contributed by atoms with E-state index in [-0.39, 0.29) is 6.04 Å². The third kappa shape index (κ3) is 2.51. The molecular weight excluding hydrogens is 114 g/mol. The number of ether oxygens (including phenoxy) is 1. The molecule has 0 aromatic heterocycles. The highest BCUT2D eigenvalue weighted by Crippen LogP contribution is 2.06. The van der Waals surface area contributed by atoms with Gasteiger partial charge in [0.25, 0.3) is 0 Å². The van der Waals surface area contributed by atoms with E-state index in [9.17, 15) is 0 Å². The van der Waals surface area contributed by atoms with E-state index in [1.54, 1.807) is 7.11 Å². The Morgan fingerprint density at radius 1 is 1.56 bits per heavy atom. The summed E-state index contributed by atoms with van der Waals surface area (Å²) in [4.78, 5) is 0. The normalized spacial score (nSPS) is 13.4. The topological polar surface area (TPSA) is 35.2 Å². The maximum Gasteiger partial charge on any atom is 0.105 e. The molecule has 0 saturated heterocycles. The number of hydrogen-bond acceptors (Lipinski definition) is 2. The fourth-order valence-electron chi connectivity index (χ4n) is 0.508. The lowest BCUT2D eigenvalue weighted by Crippen LogP contribution is -2.28. The van der Waals surface area contributed by atoms with Crippen LogP contribution in [0, 0.1) is 5.92 Å². The van der Waals surface area contributed by atoms with Crippen molar-refractivity contribution in [1.82, 2.24) is 0 Å².